The highest BCUT2D eigenvalue weighted by Gasteiger charge is 2.31. The van der Waals surface area contributed by atoms with Gasteiger partial charge >= 0.3 is 0 Å². The van der Waals surface area contributed by atoms with Gasteiger partial charge in [-0.1, -0.05) is 6.07 Å². The number of nitrogens with zero attached hydrogens (tertiary/aromatic N) is 2. The molecule has 1 aliphatic carbocycles. The second kappa shape index (κ2) is 7.77. The number of nitro groups is 1. The summed E-state index contributed by atoms with van der Waals surface area (Å²) in [6, 6.07) is 5.63. The highest BCUT2D eigenvalue weighted by molar-refractivity contribution is 7.89. The number of piperidine rings is 1. The Morgan fingerprint density at radius 3 is 2.46 bits per heavy atom. The number of sulfonamides is 1. The van der Waals surface area contributed by atoms with Crippen LogP contribution in [0.25, 0.3) is 0 Å². The highest BCUT2D eigenvalue weighted by atomic mass is 35.5. The molecule has 1 saturated heterocycles. The zero-order valence-corrected chi connectivity index (χ0v) is 14.9. The summed E-state index contributed by atoms with van der Waals surface area (Å²) >= 11 is 0. The van der Waals surface area contributed by atoms with Crippen LogP contribution in [0, 0.1) is 16.0 Å². The molecule has 134 valence electrons. The van der Waals surface area contributed by atoms with Crippen LogP contribution in [0.4, 0.5) is 5.69 Å². The molecule has 0 spiro atoms. The van der Waals surface area contributed by atoms with Gasteiger partial charge in [0, 0.05) is 31.3 Å². The fourth-order valence-electron chi connectivity index (χ4n) is 2.86. The van der Waals surface area contributed by atoms with Crippen LogP contribution in [-0.2, 0) is 10.0 Å². The lowest BCUT2D eigenvalue weighted by Gasteiger charge is -2.31. The van der Waals surface area contributed by atoms with E-state index in [1.165, 1.54) is 35.3 Å². The number of non-ortho nitro benzene ring substituents is 1. The predicted octanol–water partition coefficient (Wildman–Crippen LogP) is 2.17. The number of nitro benzene ring substituents is 1. The summed E-state index contributed by atoms with van der Waals surface area (Å²) in [7, 11) is -3.66. The van der Waals surface area contributed by atoms with Gasteiger partial charge in [-0.3, -0.25) is 10.1 Å². The summed E-state index contributed by atoms with van der Waals surface area (Å²) in [4.78, 5) is 10.2. The Balaban J connectivity index is 0.00000208. The van der Waals surface area contributed by atoms with Gasteiger partial charge in [-0.05, 0) is 44.2 Å². The molecule has 1 saturated carbocycles. The molecule has 0 amide bonds. The van der Waals surface area contributed by atoms with Crippen molar-refractivity contribution >= 4 is 28.1 Å². The van der Waals surface area contributed by atoms with E-state index in [0.29, 0.717) is 19.1 Å². The Bertz CT molecular complexity index is 686. The van der Waals surface area contributed by atoms with E-state index in [1.54, 1.807) is 0 Å². The third-order valence-corrected chi connectivity index (χ3v) is 6.41. The van der Waals surface area contributed by atoms with Crippen molar-refractivity contribution in [1.29, 1.82) is 0 Å². The first-order chi connectivity index (χ1) is 11.0. The summed E-state index contributed by atoms with van der Waals surface area (Å²) in [5, 5.41) is 14.3. The van der Waals surface area contributed by atoms with E-state index in [2.05, 4.69) is 5.32 Å². The number of hydrogen-bond donors (Lipinski definition) is 1. The summed E-state index contributed by atoms with van der Waals surface area (Å²) in [5.74, 6) is 0.807. The van der Waals surface area contributed by atoms with E-state index in [-0.39, 0.29) is 23.0 Å². The molecule has 1 aromatic rings. The average Bonchev–Trinajstić information content (AvgIpc) is 3.38. The largest absolute Gasteiger partial charge is 0.314 e. The van der Waals surface area contributed by atoms with Crippen molar-refractivity contribution in [3.8, 4) is 0 Å². The van der Waals surface area contributed by atoms with Crippen molar-refractivity contribution in [3.63, 3.8) is 0 Å². The SMILES string of the molecule is Cl.O=[N+]([O-])c1cccc(S(=O)(=O)N2CCC(NCC3CC3)CC2)c1. The van der Waals surface area contributed by atoms with Gasteiger partial charge in [-0.15, -0.1) is 12.4 Å². The van der Waals surface area contributed by atoms with Crippen LogP contribution in [0.3, 0.4) is 0 Å². The van der Waals surface area contributed by atoms with Gasteiger partial charge < -0.3 is 5.32 Å². The summed E-state index contributed by atoms with van der Waals surface area (Å²) in [5.41, 5.74) is -0.202. The van der Waals surface area contributed by atoms with Crippen molar-refractivity contribution in [2.75, 3.05) is 19.6 Å². The third-order valence-electron chi connectivity index (χ3n) is 4.51. The first kappa shape index (κ1) is 19.1. The minimum atomic E-state index is -3.66. The molecule has 7 nitrogen and oxygen atoms in total. The molecule has 3 rings (SSSR count). The topological polar surface area (TPSA) is 92.5 Å². The molecule has 1 N–H and O–H groups in total. The van der Waals surface area contributed by atoms with Gasteiger partial charge in [0.15, 0.2) is 0 Å². The zero-order valence-electron chi connectivity index (χ0n) is 13.3. The minimum absolute atomic E-state index is 0. The molecule has 0 atom stereocenters. The van der Waals surface area contributed by atoms with Crippen LogP contribution in [0.1, 0.15) is 25.7 Å². The molecule has 1 heterocycles. The maximum Gasteiger partial charge on any atom is 0.270 e. The molecular formula is C15H22ClN3O4S. The van der Waals surface area contributed by atoms with Crippen molar-refractivity contribution in [3.05, 3.63) is 34.4 Å². The van der Waals surface area contributed by atoms with Crippen molar-refractivity contribution < 1.29 is 13.3 Å². The van der Waals surface area contributed by atoms with Crippen LogP contribution in [-0.4, -0.2) is 43.3 Å². The maximum absolute atomic E-state index is 12.6. The molecule has 0 unspecified atom stereocenters. The molecule has 24 heavy (non-hydrogen) atoms. The molecule has 1 aliphatic heterocycles. The second-order valence-electron chi connectivity index (χ2n) is 6.28. The third kappa shape index (κ3) is 4.44. The predicted molar refractivity (Wildman–Crippen MR) is 92.9 cm³/mol. The van der Waals surface area contributed by atoms with Gasteiger partial charge in [-0.25, -0.2) is 8.42 Å². The number of halogens is 1. The fourth-order valence-corrected chi connectivity index (χ4v) is 4.37. The minimum Gasteiger partial charge on any atom is -0.314 e. The Morgan fingerprint density at radius 2 is 1.88 bits per heavy atom. The van der Waals surface area contributed by atoms with Crippen LogP contribution in [0.15, 0.2) is 29.2 Å². The number of nitrogens with one attached hydrogen (secondary N) is 1. The smallest absolute Gasteiger partial charge is 0.270 e. The van der Waals surface area contributed by atoms with E-state index >= 15 is 0 Å². The van der Waals surface area contributed by atoms with Crippen LogP contribution >= 0.6 is 12.4 Å². The summed E-state index contributed by atoms with van der Waals surface area (Å²) < 4.78 is 26.7. The highest BCUT2D eigenvalue weighted by Crippen LogP contribution is 2.28. The number of hydrogen-bond acceptors (Lipinski definition) is 5. The molecule has 0 bridgehead atoms. The van der Waals surface area contributed by atoms with Crippen molar-refractivity contribution in [1.82, 2.24) is 9.62 Å². The Hall–Kier alpha value is -1.22. The first-order valence-corrected chi connectivity index (χ1v) is 9.39. The van der Waals surface area contributed by atoms with E-state index in [9.17, 15) is 18.5 Å². The molecule has 1 aromatic carbocycles. The molecule has 2 fully saturated rings. The lowest BCUT2D eigenvalue weighted by atomic mass is 10.1. The summed E-state index contributed by atoms with van der Waals surface area (Å²) in [6.07, 6.45) is 4.15. The van der Waals surface area contributed by atoms with E-state index in [4.69, 9.17) is 0 Å². The fraction of sp³-hybridized carbons (Fsp3) is 0.600. The van der Waals surface area contributed by atoms with Crippen molar-refractivity contribution in [2.24, 2.45) is 5.92 Å². The number of benzene rings is 1. The van der Waals surface area contributed by atoms with Crippen LogP contribution < -0.4 is 5.32 Å². The van der Waals surface area contributed by atoms with Crippen LogP contribution in [0.5, 0.6) is 0 Å². The van der Waals surface area contributed by atoms with E-state index < -0.39 is 14.9 Å². The number of rotatable bonds is 6. The zero-order chi connectivity index (χ0) is 16.4. The molecule has 2 aliphatic rings. The standard InChI is InChI=1S/C15H21N3O4S.ClH/c19-18(20)14-2-1-3-15(10-14)23(21,22)17-8-6-13(7-9-17)16-11-12-4-5-12;/h1-3,10,12-13,16H,4-9,11H2;1H. The molecular weight excluding hydrogens is 354 g/mol. The van der Waals surface area contributed by atoms with Crippen molar-refractivity contribution in [2.45, 2.75) is 36.6 Å². The lowest BCUT2D eigenvalue weighted by Crippen LogP contribution is -2.45. The molecule has 0 aromatic heterocycles. The maximum atomic E-state index is 12.6. The van der Waals surface area contributed by atoms with Gasteiger partial charge in [0.05, 0.1) is 9.82 Å². The second-order valence-corrected chi connectivity index (χ2v) is 8.22. The summed E-state index contributed by atoms with van der Waals surface area (Å²) in [6.45, 7) is 1.93. The monoisotopic (exact) mass is 375 g/mol. The van der Waals surface area contributed by atoms with Gasteiger partial charge in [0.1, 0.15) is 0 Å². The Morgan fingerprint density at radius 1 is 1.21 bits per heavy atom. The van der Waals surface area contributed by atoms with E-state index in [0.717, 1.165) is 31.4 Å². The lowest BCUT2D eigenvalue weighted by molar-refractivity contribution is -0.385. The van der Waals surface area contributed by atoms with Gasteiger partial charge in [0.2, 0.25) is 10.0 Å². The normalized spacial score (nSPS) is 19.7. The quantitative estimate of drug-likeness (QED) is 0.607. The van der Waals surface area contributed by atoms with Gasteiger partial charge in [-0.2, -0.15) is 4.31 Å². The Labute approximate surface area is 148 Å². The Kier molecular flexibility index (Phi) is 6.19. The molecule has 0 radical (unpaired) electrons. The van der Waals surface area contributed by atoms with E-state index in [1.807, 2.05) is 0 Å². The molecule has 9 heteroatoms. The van der Waals surface area contributed by atoms with Crippen LogP contribution in [0.2, 0.25) is 0 Å². The van der Waals surface area contributed by atoms with Gasteiger partial charge in [0.25, 0.3) is 5.69 Å². The average molecular weight is 376 g/mol. The first-order valence-electron chi connectivity index (χ1n) is 7.95.